The van der Waals surface area contributed by atoms with E-state index in [1.54, 1.807) is 11.3 Å². The van der Waals surface area contributed by atoms with Gasteiger partial charge in [-0.25, -0.2) is 0 Å². The van der Waals surface area contributed by atoms with Crippen molar-refractivity contribution in [3.05, 3.63) is 145 Å². The molecule has 0 saturated heterocycles. The van der Waals surface area contributed by atoms with E-state index in [0.29, 0.717) is 11.8 Å². The second kappa shape index (κ2) is 14.1. The fraction of sp³-hybridized carbons (Fsp3) is 0.191. The number of fused-ring (bicyclic) bond motifs is 4. The average molecular weight is 876 g/mol. The summed E-state index contributed by atoms with van der Waals surface area (Å²) >= 11 is 1.79. The van der Waals surface area contributed by atoms with Gasteiger partial charge >= 0.3 is 21.1 Å². The Morgan fingerprint density at radius 3 is 2.23 bits per heavy atom. The average Bonchev–Trinajstić information content (AvgIpc) is 3.48. The molecule has 0 radical (unpaired) electrons. The maximum atomic E-state index is 6.71. The summed E-state index contributed by atoms with van der Waals surface area (Å²) in [7, 11) is 0. The Hall–Kier alpha value is -4.63. The number of nitrogens with zero attached hydrogens (tertiary/aromatic N) is 2. The van der Waals surface area contributed by atoms with Crippen LogP contribution in [-0.2, 0) is 32.9 Å². The zero-order valence-corrected chi connectivity index (χ0v) is 33.4. The van der Waals surface area contributed by atoms with E-state index < -0.39 is 0 Å². The molecule has 0 aliphatic carbocycles. The van der Waals surface area contributed by atoms with Crippen molar-refractivity contribution in [2.45, 2.75) is 53.4 Å². The summed E-state index contributed by atoms with van der Waals surface area (Å²) < 4.78 is 9.08. The molecule has 0 amide bonds. The fourth-order valence-electron chi connectivity index (χ4n) is 6.67. The van der Waals surface area contributed by atoms with Gasteiger partial charge in [0.05, 0.1) is 0 Å². The Morgan fingerprint density at radius 2 is 1.44 bits per heavy atom. The van der Waals surface area contributed by atoms with Gasteiger partial charge in [0.15, 0.2) is 0 Å². The molecule has 0 aliphatic heterocycles. The molecule has 0 bridgehead atoms. The molecule has 0 atom stereocenters. The fourth-order valence-corrected chi connectivity index (χ4v) is 7.92. The van der Waals surface area contributed by atoms with Crippen molar-refractivity contribution in [3.8, 4) is 45.4 Å². The van der Waals surface area contributed by atoms with Crippen molar-refractivity contribution in [1.82, 2.24) is 9.97 Å². The summed E-state index contributed by atoms with van der Waals surface area (Å²) in [6.07, 6.45) is 1.01. The van der Waals surface area contributed by atoms with Crippen molar-refractivity contribution < 1.29 is 25.8 Å². The topological polar surface area (TPSA) is 35.0 Å². The Kier molecular flexibility index (Phi) is 9.67. The number of hydrogen-bond donors (Lipinski definition) is 0. The first kappa shape index (κ1) is 35.8. The van der Waals surface area contributed by atoms with Crippen LogP contribution in [0.2, 0.25) is 0 Å². The number of thiophene rings is 1. The Labute approximate surface area is 325 Å². The van der Waals surface area contributed by atoms with E-state index >= 15 is 0 Å². The van der Waals surface area contributed by atoms with Crippen molar-refractivity contribution in [2.24, 2.45) is 5.41 Å². The number of aromatic nitrogens is 2. The number of pyridine rings is 2. The predicted octanol–water partition coefficient (Wildman–Crippen LogP) is 13.3. The van der Waals surface area contributed by atoms with Gasteiger partial charge in [0.25, 0.3) is 0 Å². The van der Waals surface area contributed by atoms with E-state index in [-0.39, 0.29) is 31.9 Å². The minimum atomic E-state index is -0.135. The van der Waals surface area contributed by atoms with Gasteiger partial charge in [-0.1, -0.05) is 119 Å². The molecule has 260 valence electrons. The van der Waals surface area contributed by atoms with Gasteiger partial charge in [0.1, 0.15) is 0 Å². The molecule has 3 aromatic heterocycles. The van der Waals surface area contributed by atoms with E-state index in [1.165, 1.54) is 15.6 Å². The molecule has 0 saturated carbocycles. The van der Waals surface area contributed by atoms with Crippen LogP contribution < -0.4 is 4.74 Å². The first-order valence-electron chi connectivity index (χ1n) is 17.5. The van der Waals surface area contributed by atoms with Gasteiger partial charge in [-0.05, 0) is 51.1 Å². The largest absolute Gasteiger partial charge is 2.00 e. The molecular weight excluding hydrogens is 836 g/mol. The summed E-state index contributed by atoms with van der Waals surface area (Å²) in [4.78, 5) is 10.3. The summed E-state index contributed by atoms with van der Waals surface area (Å²) in [6.45, 7) is 13.5. The van der Waals surface area contributed by atoms with Gasteiger partial charge in [0, 0.05) is 32.6 Å². The Balaban J connectivity index is 0.00000420. The van der Waals surface area contributed by atoms with E-state index in [9.17, 15) is 0 Å². The predicted molar refractivity (Wildman–Crippen MR) is 215 cm³/mol. The van der Waals surface area contributed by atoms with Gasteiger partial charge in [-0.3, -0.25) is 9.97 Å². The summed E-state index contributed by atoms with van der Waals surface area (Å²) in [5, 5.41) is 4.53. The van der Waals surface area contributed by atoms with Crippen LogP contribution in [0, 0.1) is 17.5 Å². The molecule has 0 N–H and O–H groups in total. The second-order valence-corrected chi connectivity index (χ2v) is 16.7. The van der Waals surface area contributed by atoms with E-state index in [4.69, 9.17) is 14.7 Å². The second-order valence-electron chi connectivity index (χ2n) is 15.6. The maximum absolute atomic E-state index is 6.71. The van der Waals surface area contributed by atoms with Crippen LogP contribution in [0.3, 0.4) is 0 Å². The third kappa shape index (κ3) is 7.47. The molecule has 5 heteroatoms. The Bertz CT molecular complexity index is 2560. The monoisotopic (exact) mass is 875 g/mol. The number of ether oxygens (including phenoxy) is 1. The summed E-state index contributed by atoms with van der Waals surface area (Å²) in [6, 6.07) is 49.5. The molecule has 8 aromatic rings. The molecule has 0 aliphatic rings. The van der Waals surface area contributed by atoms with Crippen LogP contribution in [0.5, 0.6) is 11.8 Å². The van der Waals surface area contributed by atoms with Crippen LogP contribution in [0.25, 0.3) is 64.6 Å². The van der Waals surface area contributed by atoms with Gasteiger partial charge in [-0.15, -0.1) is 76.4 Å². The normalized spacial score (nSPS) is 12.0. The van der Waals surface area contributed by atoms with Crippen LogP contribution in [0.1, 0.15) is 52.7 Å². The number of rotatable bonds is 6. The Morgan fingerprint density at radius 1 is 0.673 bits per heavy atom. The standard InChI is InChI=1S/C47H40N2OS.Pt/c1-46(2,3)29-30-19-22-38-39-28-43(49-44(45(39)51-41(38)23-30)36-21-20-32-15-10-11-16-33(32)25-36)50-42-27-37(47(4,5)6)26-40(48-42)35-18-12-17-34(24-35)31-13-8-7-9-14-31;/h7-17,19-24,26-28H,29H2,1-6H3;/q-2;+2. The molecule has 8 rings (SSSR count). The van der Waals surface area contributed by atoms with Crippen LogP contribution in [0.4, 0.5) is 0 Å². The van der Waals surface area contributed by atoms with Crippen molar-refractivity contribution in [1.29, 1.82) is 0 Å². The molecule has 0 fully saturated rings. The van der Waals surface area contributed by atoms with Crippen LogP contribution in [-0.4, -0.2) is 9.97 Å². The zero-order valence-electron chi connectivity index (χ0n) is 30.3. The quantitative estimate of drug-likeness (QED) is 0.156. The minimum absolute atomic E-state index is 0. The van der Waals surface area contributed by atoms with Crippen molar-refractivity contribution >= 4 is 42.3 Å². The van der Waals surface area contributed by atoms with Crippen molar-refractivity contribution in [2.75, 3.05) is 0 Å². The van der Waals surface area contributed by atoms with E-state index in [2.05, 4.69) is 157 Å². The molecule has 0 spiro atoms. The van der Waals surface area contributed by atoms with Crippen LogP contribution in [0.15, 0.2) is 121 Å². The number of benzene rings is 5. The molecule has 0 unspecified atom stereocenters. The van der Waals surface area contributed by atoms with Crippen molar-refractivity contribution in [3.63, 3.8) is 0 Å². The molecule has 3 heterocycles. The minimum Gasteiger partial charge on any atom is -0.422 e. The molecule has 5 aromatic carbocycles. The first-order chi connectivity index (χ1) is 24.5. The van der Waals surface area contributed by atoms with Gasteiger partial charge in [-0.2, -0.15) is 0 Å². The third-order valence-corrected chi connectivity index (χ3v) is 10.4. The maximum Gasteiger partial charge on any atom is 2.00 e. The zero-order chi connectivity index (χ0) is 35.3. The summed E-state index contributed by atoms with van der Waals surface area (Å²) in [5.74, 6) is 1.01. The number of hydrogen-bond acceptors (Lipinski definition) is 4. The molecule has 3 nitrogen and oxygen atoms in total. The van der Waals surface area contributed by atoms with E-state index in [0.717, 1.165) is 66.5 Å². The first-order valence-corrected chi connectivity index (χ1v) is 18.3. The van der Waals surface area contributed by atoms with E-state index in [1.807, 2.05) is 18.2 Å². The SMILES string of the molecule is CC(C)(C)Cc1ccc2c(c1)sc1c(-c3[c-]c4ccccc4cc3)nc(Oc3cc(C(C)(C)C)cc(-c4[c-]ccc(-c5ccccc5)c4)n3)cc12.[Pt+2]. The smallest absolute Gasteiger partial charge is 0.422 e. The van der Waals surface area contributed by atoms with Crippen LogP contribution >= 0.6 is 11.3 Å². The van der Waals surface area contributed by atoms with Gasteiger partial charge < -0.3 is 4.74 Å². The molecule has 52 heavy (non-hydrogen) atoms. The molecular formula is C47H40N2OPtS. The van der Waals surface area contributed by atoms with Gasteiger partial charge in [0.2, 0.25) is 11.8 Å². The summed E-state index contributed by atoms with van der Waals surface area (Å²) in [5.41, 5.74) is 8.33. The third-order valence-electron chi connectivity index (χ3n) is 9.21.